The van der Waals surface area contributed by atoms with Gasteiger partial charge in [0.25, 0.3) is 0 Å². The second kappa shape index (κ2) is 8.30. The van der Waals surface area contributed by atoms with Gasteiger partial charge in [-0.05, 0) is 62.7 Å². The number of carbonyl (C=O) groups excluding carboxylic acids is 3. The fraction of sp³-hybridized carbons (Fsp3) is 0.875. The molecular formula is C24H28F3O9S-. The molecule has 1 heterocycles. The number of alkyl halides is 3. The minimum atomic E-state index is -6.23. The molecule has 0 aromatic carbocycles. The fourth-order valence-corrected chi connectivity index (χ4v) is 9.19. The molecule has 7 aliphatic rings. The fourth-order valence-electron chi connectivity index (χ4n) is 8.76. The van der Waals surface area contributed by atoms with Crippen LogP contribution in [0.1, 0.15) is 51.4 Å². The largest absolute Gasteiger partial charge is 0.743 e. The Labute approximate surface area is 211 Å². The van der Waals surface area contributed by atoms with E-state index in [-0.39, 0.29) is 11.9 Å². The number of esters is 3. The molecule has 1 saturated heterocycles. The van der Waals surface area contributed by atoms with E-state index in [9.17, 15) is 40.5 Å². The predicted molar refractivity (Wildman–Crippen MR) is 114 cm³/mol. The molecule has 13 heteroatoms. The lowest BCUT2D eigenvalue weighted by molar-refractivity contribution is -0.187. The average Bonchev–Trinajstić information content (AvgIpc) is 3.41. The highest BCUT2D eigenvalue weighted by atomic mass is 32.2. The zero-order valence-electron chi connectivity index (χ0n) is 19.9. The van der Waals surface area contributed by atoms with Crippen molar-refractivity contribution in [3.05, 3.63) is 0 Å². The van der Waals surface area contributed by atoms with Crippen LogP contribution < -0.4 is 0 Å². The summed E-state index contributed by atoms with van der Waals surface area (Å²) in [4.78, 5) is 39.0. The van der Waals surface area contributed by atoms with Crippen LogP contribution in [0.2, 0.25) is 0 Å². The topological polar surface area (TPSA) is 136 Å². The monoisotopic (exact) mass is 549 g/mol. The van der Waals surface area contributed by atoms with Crippen molar-refractivity contribution in [1.29, 1.82) is 0 Å². The van der Waals surface area contributed by atoms with Crippen LogP contribution in [-0.2, 0) is 38.7 Å². The highest BCUT2D eigenvalue weighted by molar-refractivity contribution is 7.86. The first kappa shape index (κ1) is 25.4. The molecule has 0 amide bonds. The van der Waals surface area contributed by atoms with Gasteiger partial charge in [-0.2, -0.15) is 8.78 Å². The SMILES string of the molecule is O=C1OC2C3CC(C2OC(=O)C24CC5CC(CC(C5)C2)C4)C(C(=O)OCCC(F)C(F)(F)S(=O)(=O)[O-])C13. The zero-order valence-corrected chi connectivity index (χ0v) is 20.7. The molecule has 7 unspecified atom stereocenters. The summed E-state index contributed by atoms with van der Waals surface area (Å²) < 4.78 is 88.7. The van der Waals surface area contributed by atoms with E-state index in [0.29, 0.717) is 24.2 Å². The third kappa shape index (κ3) is 3.81. The van der Waals surface area contributed by atoms with Crippen molar-refractivity contribution in [2.75, 3.05) is 6.61 Å². The van der Waals surface area contributed by atoms with Gasteiger partial charge in [-0.15, -0.1) is 0 Å². The van der Waals surface area contributed by atoms with E-state index >= 15 is 0 Å². The molecule has 9 nitrogen and oxygen atoms in total. The first-order valence-corrected chi connectivity index (χ1v) is 14.3. The van der Waals surface area contributed by atoms with E-state index in [1.165, 1.54) is 0 Å². The van der Waals surface area contributed by atoms with Crippen molar-refractivity contribution < 1.29 is 54.7 Å². The molecule has 6 saturated carbocycles. The molecule has 6 aliphatic carbocycles. The molecule has 0 aromatic heterocycles. The summed E-state index contributed by atoms with van der Waals surface area (Å²) in [7, 11) is -6.23. The average molecular weight is 550 g/mol. The maximum atomic E-state index is 13.7. The first-order valence-electron chi connectivity index (χ1n) is 12.9. The van der Waals surface area contributed by atoms with Crippen LogP contribution in [0, 0.1) is 46.8 Å². The maximum absolute atomic E-state index is 13.7. The first-order chi connectivity index (χ1) is 17.3. The Bertz CT molecular complexity index is 1090. The van der Waals surface area contributed by atoms with Crippen LogP contribution in [0.4, 0.5) is 13.2 Å². The predicted octanol–water partition coefficient (Wildman–Crippen LogP) is 2.33. The molecule has 0 radical (unpaired) electrons. The second-order valence-electron chi connectivity index (χ2n) is 12.0. The minimum absolute atomic E-state index is 0.308. The number of ether oxygens (including phenoxy) is 3. The summed E-state index contributed by atoms with van der Waals surface area (Å²) in [5.74, 6) is -3.15. The van der Waals surface area contributed by atoms with Crippen molar-refractivity contribution in [1.82, 2.24) is 0 Å². The molecule has 1 aliphatic heterocycles. The second-order valence-corrected chi connectivity index (χ2v) is 13.5. The van der Waals surface area contributed by atoms with Crippen LogP contribution in [0.15, 0.2) is 0 Å². The van der Waals surface area contributed by atoms with Crippen molar-refractivity contribution in [3.8, 4) is 0 Å². The molecule has 206 valence electrons. The Morgan fingerprint density at radius 1 is 1.08 bits per heavy atom. The smallest absolute Gasteiger partial charge is 0.364 e. The lowest BCUT2D eigenvalue weighted by Gasteiger charge is -2.55. The Kier molecular flexibility index (Phi) is 5.70. The number of hydrogen-bond acceptors (Lipinski definition) is 9. The Balaban J connectivity index is 1.12. The summed E-state index contributed by atoms with van der Waals surface area (Å²) in [6.45, 7) is -0.915. The standard InChI is InChI=1S/C24H29F3O9S/c25-15(24(26,27)37(31,32)33)1-2-34-20(28)16-13-6-14-17(16)21(29)35-18(14)19(13)36-22(30)23-7-10-3-11(8-23)5-12(4-10)9-23/h10-19H,1-9H2,(H,31,32,33)/p-1. The van der Waals surface area contributed by atoms with Crippen LogP contribution in [0.5, 0.6) is 0 Å². The van der Waals surface area contributed by atoms with Gasteiger partial charge in [-0.25, -0.2) is 12.8 Å². The molecule has 7 fully saturated rings. The molecular weight excluding hydrogens is 521 g/mol. The summed E-state index contributed by atoms with van der Waals surface area (Å²) in [5, 5.41) is -5.16. The highest BCUT2D eigenvalue weighted by Crippen LogP contribution is 2.62. The van der Waals surface area contributed by atoms with Crippen LogP contribution >= 0.6 is 0 Å². The maximum Gasteiger partial charge on any atom is 0.364 e. The molecule has 0 N–H and O–H groups in total. The third-order valence-electron chi connectivity index (χ3n) is 9.85. The summed E-state index contributed by atoms with van der Waals surface area (Å²) in [5.41, 5.74) is -0.544. The van der Waals surface area contributed by atoms with Gasteiger partial charge in [0.05, 0.1) is 23.9 Å². The van der Waals surface area contributed by atoms with Crippen LogP contribution in [-0.4, -0.2) is 61.1 Å². The lowest BCUT2D eigenvalue weighted by Crippen LogP contribution is -2.53. The van der Waals surface area contributed by atoms with Gasteiger partial charge < -0.3 is 18.8 Å². The van der Waals surface area contributed by atoms with Gasteiger partial charge in [0.1, 0.15) is 12.2 Å². The van der Waals surface area contributed by atoms with Crippen molar-refractivity contribution >= 4 is 28.0 Å². The quantitative estimate of drug-likeness (QED) is 0.254. The van der Waals surface area contributed by atoms with Crippen molar-refractivity contribution in [2.24, 2.45) is 46.8 Å². The third-order valence-corrected chi connectivity index (χ3v) is 10.8. The van der Waals surface area contributed by atoms with Gasteiger partial charge in [-0.3, -0.25) is 14.4 Å². The Morgan fingerprint density at radius 2 is 1.68 bits per heavy atom. The van der Waals surface area contributed by atoms with Crippen LogP contribution in [0.3, 0.4) is 0 Å². The molecule has 6 bridgehead atoms. The molecule has 0 aromatic rings. The molecule has 7 rings (SSSR count). The Hall–Kier alpha value is -1.89. The lowest BCUT2D eigenvalue weighted by atomic mass is 9.49. The van der Waals surface area contributed by atoms with Gasteiger partial charge in [0.2, 0.25) is 0 Å². The van der Waals surface area contributed by atoms with E-state index in [1.54, 1.807) is 0 Å². The summed E-state index contributed by atoms with van der Waals surface area (Å²) in [6.07, 6.45) is 0.102. The summed E-state index contributed by atoms with van der Waals surface area (Å²) in [6, 6.07) is 0. The van der Waals surface area contributed by atoms with E-state index < -0.39 is 81.9 Å². The number of carbonyl (C=O) groups is 3. The number of hydrogen-bond donors (Lipinski definition) is 0. The van der Waals surface area contributed by atoms with E-state index in [0.717, 1.165) is 38.5 Å². The van der Waals surface area contributed by atoms with E-state index in [4.69, 9.17) is 14.2 Å². The number of rotatable bonds is 8. The summed E-state index contributed by atoms with van der Waals surface area (Å²) >= 11 is 0. The van der Waals surface area contributed by atoms with E-state index in [2.05, 4.69) is 0 Å². The number of fused-ring (bicyclic) bond motifs is 1. The normalized spacial score (nSPS) is 44.1. The molecule has 0 spiro atoms. The van der Waals surface area contributed by atoms with Gasteiger partial charge in [0, 0.05) is 18.3 Å². The van der Waals surface area contributed by atoms with Gasteiger partial charge in [-0.1, -0.05) is 0 Å². The molecule has 37 heavy (non-hydrogen) atoms. The van der Waals surface area contributed by atoms with E-state index in [1.807, 2.05) is 0 Å². The van der Waals surface area contributed by atoms with Crippen molar-refractivity contribution in [3.63, 3.8) is 0 Å². The Morgan fingerprint density at radius 3 is 2.24 bits per heavy atom. The number of halogens is 3. The zero-order chi connectivity index (χ0) is 26.5. The molecule has 7 atom stereocenters. The highest BCUT2D eigenvalue weighted by Gasteiger charge is 2.71. The van der Waals surface area contributed by atoms with Crippen molar-refractivity contribution in [2.45, 2.75) is 75.0 Å². The van der Waals surface area contributed by atoms with Crippen LogP contribution in [0.25, 0.3) is 0 Å². The minimum Gasteiger partial charge on any atom is -0.743 e. The van der Waals surface area contributed by atoms with Gasteiger partial charge >= 0.3 is 23.2 Å². The van der Waals surface area contributed by atoms with Gasteiger partial charge in [0.15, 0.2) is 16.3 Å².